The van der Waals surface area contributed by atoms with E-state index >= 15 is 0 Å². The van der Waals surface area contributed by atoms with Gasteiger partial charge >= 0.3 is 0 Å². The van der Waals surface area contributed by atoms with Crippen LogP contribution >= 0.6 is 0 Å². The summed E-state index contributed by atoms with van der Waals surface area (Å²) in [4.78, 5) is 17.4. The lowest BCUT2D eigenvalue weighted by molar-refractivity contribution is 0.823. The number of para-hydroxylation sites is 8. The molecule has 4 aromatic carbocycles. The summed E-state index contributed by atoms with van der Waals surface area (Å²) in [5.74, 6) is 23.9. The van der Waals surface area contributed by atoms with E-state index in [1.165, 1.54) is 0 Å². The molecule has 0 spiro atoms. The van der Waals surface area contributed by atoms with E-state index in [1.807, 2.05) is 141 Å². The first-order chi connectivity index (χ1) is 23.8. The molecule has 0 aliphatic carbocycles. The third kappa shape index (κ3) is 7.89. The largest absolute Gasteiger partial charge is 0.412 e. The van der Waals surface area contributed by atoms with Gasteiger partial charge in [-0.25, -0.2) is 19.9 Å². The van der Waals surface area contributed by atoms with Gasteiger partial charge in [0.25, 0.3) is 0 Å². The fourth-order valence-electron chi connectivity index (χ4n) is 5.22. The van der Waals surface area contributed by atoms with Crippen LogP contribution in [0.2, 0.25) is 0 Å². The fourth-order valence-corrected chi connectivity index (χ4v) is 5.22. The van der Waals surface area contributed by atoms with Crippen molar-refractivity contribution in [1.29, 1.82) is 0 Å². The maximum absolute atomic E-state index is 4.35. The molecular weight excluding hydrogens is 624 g/mol. The normalized spacial score (nSPS) is 9.76. The number of imidazole rings is 4. The molecule has 0 bridgehead atoms. The van der Waals surface area contributed by atoms with Crippen molar-refractivity contribution in [2.24, 2.45) is 0 Å². The molecule has 0 aliphatic rings. The molecule has 244 valence electrons. The van der Waals surface area contributed by atoms with Gasteiger partial charge in [0.15, 0.2) is 0 Å². The zero-order chi connectivity index (χ0) is 32.4. The summed E-state index contributed by atoms with van der Waals surface area (Å²) in [6, 6.07) is 32.1. The number of rotatable bonds is 4. The molecule has 0 saturated carbocycles. The van der Waals surface area contributed by atoms with Gasteiger partial charge in [-0.2, -0.15) is 0 Å². The number of aromatic nitrogens is 8. The standard InChI is InChI=1S/2C20H14N4.2H2O/c2*1(7-13-23-15-21-17-9-3-5-11-19(17)23)2-8-14-24-16-22-18-10-4-6-12-20(18)24;;/h2*3-6,9-12,15-16H,13-14H2;2*1H2. The Morgan fingerprint density at radius 2 is 0.560 bits per heavy atom. The Bertz CT molecular complexity index is 2260. The van der Waals surface area contributed by atoms with Crippen molar-refractivity contribution < 1.29 is 11.0 Å². The van der Waals surface area contributed by atoms with E-state index in [-0.39, 0.29) is 11.0 Å². The lowest BCUT2D eigenvalue weighted by atomic mass is 10.3. The molecule has 10 heteroatoms. The minimum Gasteiger partial charge on any atom is -0.412 e. The number of nitrogens with zero attached hydrogens (tertiary/aromatic N) is 8. The van der Waals surface area contributed by atoms with Crippen LogP contribution in [0, 0.1) is 47.4 Å². The topological polar surface area (TPSA) is 134 Å². The van der Waals surface area contributed by atoms with E-state index in [1.54, 1.807) is 0 Å². The first-order valence-electron chi connectivity index (χ1n) is 15.3. The van der Waals surface area contributed by atoms with Gasteiger partial charge in [0, 0.05) is 0 Å². The van der Waals surface area contributed by atoms with Gasteiger partial charge in [-0.3, -0.25) is 0 Å². The summed E-state index contributed by atoms with van der Waals surface area (Å²) < 4.78 is 8.08. The van der Waals surface area contributed by atoms with Crippen molar-refractivity contribution in [3.05, 3.63) is 122 Å². The van der Waals surface area contributed by atoms with Crippen LogP contribution in [0.25, 0.3) is 44.1 Å². The van der Waals surface area contributed by atoms with Crippen LogP contribution < -0.4 is 0 Å². The Morgan fingerprint density at radius 3 is 0.800 bits per heavy atom. The van der Waals surface area contributed by atoms with Crippen molar-refractivity contribution >= 4 is 44.1 Å². The summed E-state index contributed by atoms with van der Waals surface area (Å²) in [5, 5.41) is 0. The smallest absolute Gasteiger partial charge is 0.0966 e. The van der Waals surface area contributed by atoms with Crippen LogP contribution in [0.15, 0.2) is 122 Å². The highest BCUT2D eigenvalue weighted by molar-refractivity contribution is 5.77. The second kappa shape index (κ2) is 16.7. The van der Waals surface area contributed by atoms with Crippen LogP contribution in [0.5, 0.6) is 0 Å². The third-order valence-corrected chi connectivity index (χ3v) is 7.59. The summed E-state index contributed by atoms with van der Waals surface area (Å²) in [5.41, 5.74) is 8.29. The van der Waals surface area contributed by atoms with Crippen molar-refractivity contribution in [3.63, 3.8) is 0 Å². The van der Waals surface area contributed by atoms with E-state index in [4.69, 9.17) is 0 Å². The number of fused-ring (bicyclic) bond motifs is 4. The SMILES string of the molecule is C(C#CCn1cnc2ccccc21)#CCn1cnc2ccccc21.C(C#CCn1cnc2ccccc21)#CCn1cnc2ccccc21.O.O. The molecule has 0 amide bonds. The molecule has 0 unspecified atom stereocenters. The van der Waals surface area contributed by atoms with Gasteiger partial charge in [-0.05, 0) is 72.2 Å². The fraction of sp³-hybridized carbons (Fsp3) is 0.100. The van der Waals surface area contributed by atoms with Crippen LogP contribution in [0.1, 0.15) is 0 Å². The molecule has 0 radical (unpaired) electrons. The Morgan fingerprint density at radius 1 is 0.340 bits per heavy atom. The number of hydrogen-bond acceptors (Lipinski definition) is 4. The molecule has 0 aliphatic heterocycles. The first kappa shape index (κ1) is 34.3. The Hall–Kier alpha value is -7.08. The molecule has 0 fully saturated rings. The predicted octanol–water partition coefficient (Wildman–Crippen LogP) is 4.54. The summed E-state index contributed by atoms with van der Waals surface area (Å²) in [7, 11) is 0. The van der Waals surface area contributed by atoms with E-state index in [0.29, 0.717) is 26.2 Å². The molecule has 0 saturated heterocycles. The molecule has 8 rings (SSSR count). The lowest BCUT2D eigenvalue weighted by Crippen LogP contribution is -1.93. The lowest BCUT2D eigenvalue weighted by Gasteiger charge is -1.96. The van der Waals surface area contributed by atoms with Gasteiger partial charge in [-0.1, -0.05) is 72.2 Å². The third-order valence-electron chi connectivity index (χ3n) is 7.59. The van der Waals surface area contributed by atoms with E-state index in [9.17, 15) is 0 Å². The average Bonchev–Trinajstić information content (AvgIpc) is 3.94. The number of hydrogen-bond donors (Lipinski definition) is 0. The monoisotopic (exact) mass is 656 g/mol. The van der Waals surface area contributed by atoms with Gasteiger partial charge in [-0.15, -0.1) is 0 Å². The molecule has 10 nitrogen and oxygen atoms in total. The Kier molecular flexibility index (Phi) is 11.4. The maximum Gasteiger partial charge on any atom is 0.0966 e. The molecule has 0 atom stereocenters. The van der Waals surface area contributed by atoms with Crippen molar-refractivity contribution in [2.75, 3.05) is 0 Å². The zero-order valence-corrected chi connectivity index (χ0v) is 27.0. The average molecular weight is 657 g/mol. The van der Waals surface area contributed by atoms with E-state index < -0.39 is 0 Å². The second-order valence-corrected chi connectivity index (χ2v) is 10.7. The van der Waals surface area contributed by atoms with Crippen molar-refractivity contribution in [2.45, 2.75) is 26.2 Å². The maximum atomic E-state index is 4.35. The highest BCUT2D eigenvalue weighted by Gasteiger charge is 2.01. The van der Waals surface area contributed by atoms with E-state index in [0.717, 1.165) is 44.1 Å². The minimum atomic E-state index is 0. The van der Waals surface area contributed by atoms with Crippen molar-refractivity contribution in [3.8, 4) is 47.4 Å². The van der Waals surface area contributed by atoms with Crippen LogP contribution in [0.3, 0.4) is 0 Å². The molecule has 4 heterocycles. The quantitative estimate of drug-likeness (QED) is 0.257. The zero-order valence-electron chi connectivity index (χ0n) is 27.0. The number of benzene rings is 4. The minimum absolute atomic E-state index is 0. The van der Waals surface area contributed by atoms with E-state index in [2.05, 4.69) is 67.3 Å². The van der Waals surface area contributed by atoms with Crippen LogP contribution in [0.4, 0.5) is 0 Å². The Labute approximate surface area is 288 Å². The summed E-state index contributed by atoms with van der Waals surface area (Å²) in [6.07, 6.45) is 7.24. The molecular formula is C40H32N8O2. The van der Waals surface area contributed by atoms with Gasteiger partial charge in [0.1, 0.15) is 0 Å². The van der Waals surface area contributed by atoms with Gasteiger partial charge in [0.05, 0.1) is 95.6 Å². The van der Waals surface area contributed by atoms with Gasteiger partial charge in [0.2, 0.25) is 0 Å². The van der Waals surface area contributed by atoms with Crippen LogP contribution in [-0.4, -0.2) is 49.2 Å². The Balaban J connectivity index is 0.000000187. The summed E-state index contributed by atoms with van der Waals surface area (Å²) >= 11 is 0. The molecule has 4 aromatic heterocycles. The predicted molar refractivity (Wildman–Crippen MR) is 197 cm³/mol. The van der Waals surface area contributed by atoms with Crippen LogP contribution in [-0.2, 0) is 26.2 Å². The first-order valence-corrected chi connectivity index (χ1v) is 15.3. The second-order valence-electron chi connectivity index (χ2n) is 10.7. The highest BCUT2D eigenvalue weighted by atomic mass is 16.0. The van der Waals surface area contributed by atoms with Crippen molar-refractivity contribution in [1.82, 2.24) is 38.2 Å². The molecule has 50 heavy (non-hydrogen) atoms. The molecule has 4 N–H and O–H groups in total. The molecule has 8 aromatic rings. The highest BCUT2D eigenvalue weighted by Crippen LogP contribution is 2.13. The van der Waals surface area contributed by atoms with Gasteiger partial charge < -0.3 is 29.2 Å². The summed E-state index contributed by atoms with van der Waals surface area (Å²) in [6.45, 7) is 2.35.